The van der Waals surface area contributed by atoms with Gasteiger partial charge in [0.25, 0.3) is 5.69 Å². The summed E-state index contributed by atoms with van der Waals surface area (Å²) in [6.45, 7) is 3.30. The van der Waals surface area contributed by atoms with Gasteiger partial charge in [-0.1, -0.05) is 18.6 Å². The van der Waals surface area contributed by atoms with Crippen molar-refractivity contribution in [3.8, 4) is 0 Å². The second kappa shape index (κ2) is 6.11. The van der Waals surface area contributed by atoms with E-state index in [2.05, 4.69) is 4.72 Å². The summed E-state index contributed by atoms with van der Waals surface area (Å²) in [5.74, 6) is 0.0827. The average molecular weight is 312 g/mol. The first-order chi connectivity index (χ1) is 9.81. The normalized spacial score (nSPS) is 22.6. The van der Waals surface area contributed by atoms with Crippen LogP contribution in [0, 0.1) is 10.1 Å². The van der Waals surface area contributed by atoms with Gasteiger partial charge in [0.15, 0.2) is 0 Å². The van der Waals surface area contributed by atoms with Crippen LogP contribution in [-0.4, -0.2) is 24.6 Å². The molecule has 0 saturated heterocycles. The molecule has 2 rings (SSSR count). The highest BCUT2D eigenvalue weighted by Gasteiger charge is 2.32. The maximum Gasteiger partial charge on any atom is 0.269 e. The van der Waals surface area contributed by atoms with Gasteiger partial charge in [0.2, 0.25) is 10.0 Å². The van der Waals surface area contributed by atoms with E-state index in [1.165, 1.54) is 12.1 Å². The summed E-state index contributed by atoms with van der Waals surface area (Å²) in [4.78, 5) is 10.2. The lowest BCUT2D eigenvalue weighted by Gasteiger charge is -2.22. The molecule has 1 aliphatic rings. The number of nitro groups is 1. The van der Waals surface area contributed by atoms with Crippen molar-refractivity contribution >= 4 is 15.7 Å². The monoisotopic (exact) mass is 312 g/mol. The summed E-state index contributed by atoms with van der Waals surface area (Å²) in [6.07, 6.45) is 2.64. The second-order valence-electron chi connectivity index (χ2n) is 5.70. The Hall–Kier alpha value is -1.47. The predicted octanol–water partition coefficient (Wildman–Crippen LogP) is 2.56. The molecule has 2 atom stereocenters. The molecule has 1 aliphatic carbocycles. The van der Waals surface area contributed by atoms with Crippen molar-refractivity contribution in [2.24, 2.45) is 0 Å². The van der Waals surface area contributed by atoms with Crippen molar-refractivity contribution in [3.05, 3.63) is 39.9 Å². The zero-order chi connectivity index (χ0) is 15.6. The molecular weight excluding hydrogens is 292 g/mol. The maximum atomic E-state index is 12.0. The van der Waals surface area contributed by atoms with E-state index >= 15 is 0 Å². The van der Waals surface area contributed by atoms with Crippen molar-refractivity contribution in [1.29, 1.82) is 0 Å². The van der Waals surface area contributed by atoms with Gasteiger partial charge in [0.1, 0.15) is 0 Å². The minimum atomic E-state index is -3.30. The van der Waals surface area contributed by atoms with Crippen LogP contribution < -0.4 is 4.72 Å². The molecule has 0 aliphatic heterocycles. The highest BCUT2D eigenvalue weighted by Crippen LogP contribution is 2.35. The SMILES string of the molecule is CC(C)S(=O)(=O)NC1CCCC1c1ccc([N+](=O)[O-])cc1. The fraction of sp³-hybridized carbons (Fsp3) is 0.571. The Morgan fingerprint density at radius 3 is 2.38 bits per heavy atom. The third-order valence-corrected chi connectivity index (χ3v) is 5.86. The van der Waals surface area contributed by atoms with Gasteiger partial charge in [0.05, 0.1) is 10.2 Å². The molecule has 21 heavy (non-hydrogen) atoms. The van der Waals surface area contributed by atoms with Crippen LogP contribution in [0.2, 0.25) is 0 Å². The quantitative estimate of drug-likeness (QED) is 0.668. The van der Waals surface area contributed by atoms with Crippen LogP contribution in [0.3, 0.4) is 0 Å². The summed E-state index contributed by atoms with van der Waals surface area (Å²) < 4.78 is 26.8. The minimum absolute atomic E-state index is 0.0519. The number of nitrogens with one attached hydrogen (secondary N) is 1. The topological polar surface area (TPSA) is 89.3 Å². The first-order valence-electron chi connectivity index (χ1n) is 7.07. The van der Waals surface area contributed by atoms with Gasteiger partial charge >= 0.3 is 0 Å². The molecule has 1 aromatic rings. The number of rotatable bonds is 5. The Balaban J connectivity index is 2.17. The molecule has 116 valence electrons. The third-order valence-electron chi connectivity index (χ3n) is 3.98. The van der Waals surface area contributed by atoms with E-state index in [0.29, 0.717) is 0 Å². The van der Waals surface area contributed by atoms with Gasteiger partial charge in [-0.05, 0) is 32.3 Å². The number of hydrogen-bond donors (Lipinski definition) is 1. The number of benzene rings is 1. The van der Waals surface area contributed by atoms with Crippen LogP contribution in [-0.2, 0) is 10.0 Å². The van der Waals surface area contributed by atoms with E-state index in [9.17, 15) is 18.5 Å². The standard InChI is InChI=1S/C14H20N2O4S/c1-10(2)21(19,20)15-14-5-3-4-13(14)11-6-8-12(9-7-11)16(17)18/h6-10,13-15H,3-5H2,1-2H3. The van der Waals surface area contributed by atoms with Gasteiger partial charge in [-0.15, -0.1) is 0 Å². The van der Waals surface area contributed by atoms with Crippen LogP contribution >= 0.6 is 0 Å². The molecule has 0 spiro atoms. The van der Waals surface area contributed by atoms with E-state index in [4.69, 9.17) is 0 Å². The highest BCUT2D eigenvalue weighted by molar-refractivity contribution is 7.90. The number of nitro benzene ring substituents is 1. The molecule has 2 unspecified atom stereocenters. The fourth-order valence-electron chi connectivity index (χ4n) is 2.69. The molecule has 0 bridgehead atoms. The van der Waals surface area contributed by atoms with Crippen LogP contribution in [0.25, 0.3) is 0 Å². The second-order valence-corrected chi connectivity index (χ2v) is 7.97. The van der Waals surface area contributed by atoms with Crippen molar-refractivity contribution < 1.29 is 13.3 Å². The molecule has 1 N–H and O–H groups in total. The van der Waals surface area contributed by atoms with E-state index in [-0.39, 0.29) is 17.6 Å². The van der Waals surface area contributed by atoms with Crippen LogP contribution in [0.5, 0.6) is 0 Å². The van der Waals surface area contributed by atoms with Gasteiger partial charge < -0.3 is 0 Å². The molecule has 0 radical (unpaired) electrons. The number of non-ortho nitro benzene ring substituents is 1. The molecule has 6 nitrogen and oxygen atoms in total. The summed E-state index contributed by atoms with van der Waals surface area (Å²) in [5, 5.41) is 10.2. The molecule has 0 heterocycles. The van der Waals surface area contributed by atoms with Gasteiger partial charge in [0, 0.05) is 24.1 Å². The molecule has 0 amide bonds. The molecule has 0 aromatic heterocycles. The van der Waals surface area contributed by atoms with Gasteiger partial charge in [-0.2, -0.15) is 0 Å². The first-order valence-corrected chi connectivity index (χ1v) is 8.61. The summed E-state index contributed by atoms with van der Waals surface area (Å²) in [6, 6.07) is 6.28. The van der Waals surface area contributed by atoms with E-state index in [1.54, 1.807) is 26.0 Å². The van der Waals surface area contributed by atoms with E-state index in [0.717, 1.165) is 24.8 Å². The summed E-state index contributed by atoms with van der Waals surface area (Å²) in [5.41, 5.74) is 1.01. The smallest absolute Gasteiger partial charge is 0.258 e. The van der Waals surface area contributed by atoms with Crippen LogP contribution in [0.15, 0.2) is 24.3 Å². The Bertz CT molecular complexity index is 610. The first kappa shape index (κ1) is 15.9. The average Bonchev–Trinajstić information content (AvgIpc) is 2.86. The zero-order valence-electron chi connectivity index (χ0n) is 12.2. The highest BCUT2D eigenvalue weighted by atomic mass is 32.2. The number of nitrogens with zero attached hydrogens (tertiary/aromatic N) is 1. The zero-order valence-corrected chi connectivity index (χ0v) is 13.0. The Morgan fingerprint density at radius 1 is 1.24 bits per heavy atom. The largest absolute Gasteiger partial charge is 0.269 e. The molecule has 1 fully saturated rings. The maximum absolute atomic E-state index is 12.0. The number of hydrogen-bond acceptors (Lipinski definition) is 4. The summed E-state index contributed by atoms with van der Waals surface area (Å²) in [7, 11) is -3.30. The lowest BCUT2D eigenvalue weighted by Crippen LogP contribution is -2.40. The lowest BCUT2D eigenvalue weighted by molar-refractivity contribution is -0.384. The third kappa shape index (κ3) is 3.59. The van der Waals surface area contributed by atoms with Crippen LogP contribution in [0.4, 0.5) is 5.69 Å². The van der Waals surface area contributed by atoms with Gasteiger partial charge in [-0.3, -0.25) is 10.1 Å². The van der Waals surface area contributed by atoms with Crippen molar-refractivity contribution in [2.75, 3.05) is 0 Å². The number of sulfonamides is 1. The van der Waals surface area contributed by atoms with Gasteiger partial charge in [-0.25, -0.2) is 13.1 Å². The van der Waals surface area contributed by atoms with Crippen LogP contribution in [0.1, 0.15) is 44.6 Å². The Labute approximate surface area is 124 Å². The van der Waals surface area contributed by atoms with E-state index < -0.39 is 20.2 Å². The predicted molar refractivity (Wildman–Crippen MR) is 80.7 cm³/mol. The minimum Gasteiger partial charge on any atom is -0.258 e. The molecule has 1 aromatic carbocycles. The summed E-state index contributed by atoms with van der Waals surface area (Å²) >= 11 is 0. The van der Waals surface area contributed by atoms with Crippen molar-refractivity contribution in [2.45, 2.75) is 50.3 Å². The van der Waals surface area contributed by atoms with E-state index in [1.807, 2.05) is 0 Å². The molecular formula is C14H20N2O4S. The van der Waals surface area contributed by atoms with Crippen molar-refractivity contribution in [3.63, 3.8) is 0 Å². The lowest BCUT2D eigenvalue weighted by atomic mass is 9.94. The molecule has 7 heteroatoms. The Morgan fingerprint density at radius 2 is 1.86 bits per heavy atom. The Kier molecular flexibility index (Phi) is 4.63. The fourth-order valence-corrected chi connectivity index (χ4v) is 3.67. The molecule has 1 saturated carbocycles. The van der Waals surface area contributed by atoms with Crippen molar-refractivity contribution in [1.82, 2.24) is 4.72 Å².